The van der Waals surface area contributed by atoms with Crippen molar-refractivity contribution in [3.8, 4) is 0 Å². The molecule has 1 aliphatic rings. The van der Waals surface area contributed by atoms with Crippen LogP contribution in [0.2, 0.25) is 0 Å². The van der Waals surface area contributed by atoms with Crippen molar-refractivity contribution in [2.24, 2.45) is 5.92 Å². The number of aromatic nitrogens is 1. The van der Waals surface area contributed by atoms with E-state index in [1.807, 2.05) is 13.0 Å². The molecule has 0 saturated heterocycles. The van der Waals surface area contributed by atoms with E-state index in [1.54, 1.807) is 0 Å². The number of hydrogen-bond donors (Lipinski definition) is 1. The Hall–Kier alpha value is -0.830. The van der Waals surface area contributed by atoms with Crippen LogP contribution in [0.25, 0.3) is 0 Å². The van der Waals surface area contributed by atoms with E-state index in [0.29, 0.717) is 6.04 Å². The van der Waals surface area contributed by atoms with Gasteiger partial charge in [0.1, 0.15) is 5.76 Å². The Morgan fingerprint density at radius 1 is 1.53 bits per heavy atom. The van der Waals surface area contributed by atoms with E-state index in [4.69, 9.17) is 4.52 Å². The quantitative estimate of drug-likeness (QED) is 0.826. The van der Waals surface area contributed by atoms with Gasteiger partial charge >= 0.3 is 0 Å². The Kier molecular flexibility index (Phi) is 3.41. The molecule has 84 valence electrons. The summed E-state index contributed by atoms with van der Waals surface area (Å²) in [6.45, 7) is 5.06. The predicted octanol–water partition coefficient (Wildman–Crippen LogP) is 2.65. The first-order valence-corrected chi connectivity index (χ1v) is 5.95. The maximum Gasteiger partial charge on any atom is 0.133 e. The van der Waals surface area contributed by atoms with Gasteiger partial charge in [-0.15, -0.1) is 0 Å². The van der Waals surface area contributed by atoms with Crippen LogP contribution in [-0.4, -0.2) is 11.2 Å². The molecule has 3 nitrogen and oxygen atoms in total. The summed E-state index contributed by atoms with van der Waals surface area (Å²) in [6.07, 6.45) is 5.35. The summed E-state index contributed by atoms with van der Waals surface area (Å²) in [7, 11) is 0. The highest BCUT2D eigenvalue weighted by Gasteiger charge is 2.25. The normalized spacial score (nSPS) is 26.0. The number of aryl methyl sites for hydroxylation is 1. The lowest BCUT2D eigenvalue weighted by atomic mass is 10.0. The first kappa shape index (κ1) is 10.7. The molecule has 0 bridgehead atoms. The molecule has 3 heteroatoms. The fourth-order valence-electron chi connectivity index (χ4n) is 2.53. The van der Waals surface area contributed by atoms with Crippen molar-refractivity contribution in [1.82, 2.24) is 10.5 Å². The Labute approximate surface area is 91.2 Å². The van der Waals surface area contributed by atoms with Gasteiger partial charge in [0.25, 0.3) is 0 Å². The molecule has 1 fully saturated rings. The summed E-state index contributed by atoms with van der Waals surface area (Å²) >= 11 is 0. The topological polar surface area (TPSA) is 38.1 Å². The molecule has 2 unspecified atom stereocenters. The van der Waals surface area contributed by atoms with E-state index >= 15 is 0 Å². The fourth-order valence-corrected chi connectivity index (χ4v) is 2.53. The summed E-state index contributed by atoms with van der Waals surface area (Å²) in [5, 5.41) is 7.58. The Balaban J connectivity index is 1.82. The molecule has 1 saturated carbocycles. The molecule has 1 heterocycles. The van der Waals surface area contributed by atoms with Crippen LogP contribution >= 0.6 is 0 Å². The smallest absolute Gasteiger partial charge is 0.133 e. The van der Waals surface area contributed by atoms with Crippen molar-refractivity contribution >= 4 is 0 Å². The average molecular weight is 208 g/mol. The van der Waals surface area contributed by atoms with Crippen LogP contribution in [0.5, 0.6) is 0 Å². The standard InChI is InChI=1S/C12H20N2O/c1-3-10-5-4-6-12(10)13-8-11-7-9(2)15-14-11/h7,10,12-13H,3-6,8H2,1-2H3. The van der Waals surface area contributed by atoms with Gasteiger partial charge in [0.05, 0.1) is 5.69 Å². The van der Waals surface area contributed by atoms with E-state index < -0.39 is 0 Å². The van der Waals surface area contributed by atoms with Crippen LogP contribution in [0.1, 0.15) is 44.1 Å². The summed E-state index contributed by atoms with van der Waals surface area (Å²) in [4.78, 5) is 0. The zero-order valence-corrected chi connectivity index (χ0v) is 9.62. The summed E-state index contributed by atoms with van der Waals surface area (Å²) in [5.74, 6) is 1.75. The van der Waals surface area contributed by atoms with Gasteiger partial charge in [-0.05, 0) is 25.7 Å². The first-order chi connectivity index (χ1) is 7.29. The lowest BCUT2D eigenvalue weighted by Gasteiger charge is -2.18. The molecule has 2 rings (SSSR count). The molecule has 1 aromatic heterocycles. The van der Waals surface area contributed by atoms with Crippen molar-refractivity contribution in [2.75, 3.05) is 0 Å². The van der Waals surface area contributed by atoms with Gasteiger partial charge in [-0.25, -0.2) is 0 Å². The second-order valence-corrected chi connectivity index (χ2v) is 4.52. The minimum absolute atomic E-state index is 0.687. The highest BCUT2D eigenvalue weighted by Crippen LogP contribution is 2.28. The zero-order valence-electron chi connectivity index (χ0n) is 9.62. The van der Waals surface area contributed by atoms with Crippen LogP contribution in [0.4, 0.5) is 0 Å². The summed E-state index contributed by atoms with van der Waals surface area (Å²) in [6, 6.07) is 2.69. The van der Waals surface area contributed by atoms with Gasteiger partial charge in [0.15, 0.2) is 0 Å². The molecule has 1 N–H and O–H groups in total. The molecule has 1 aliphatic carbocycles. The second kappa shape index (κ2) is 4.79. The molecular weight excluding hydrogens is 188 g/mol. The lowest BCUT2D eigenvalue weighted by Crippen LogP contribution is -2.31. The van der Waals surface area contributed by atoms with Crippen LogP contribution < -0.4 is 5.32 Å². The first-order valence-electron chi connectivity index (χ1n) is 5.95. The van der Waals surface area contributed by atoms with Gasteiger partial charge in [0.2, 0.25) is 0 Å². The van der Waals surface area contributed by atoms with Gasteiger partial charge < -0.3 is 9.84 Å². The van der Waals surface area contributed by atoms with E-state index in [9.17, 15) is 0 Å². The third-order valence-corrected chi connectivity index (χ3v) is 3.41. The van der Waals surface area contributed by atoms with Gasteiger partial charge in [-0.3, -0.25) is 0 Å². The van der Waals surface area contributed by atoms with Crippen LogP contribution in [-0.2, 0) is 6.54 Å². The van der Waals surface area contributed by atoms with E-state index in [1.165, 1.54) is 25.7 Å². The monoisotopic (exact) mass is 208 g/mol. The number of rotatable bonds is 4. The van der Waals surface area contributed by atoms with E-state index in [0.717, 1.165) is 23.9 Å². The van der Waals surface area contributed by atoms with Crippen LogP contribution in [0.15, 0.2) is 10.6 Å². The Morgan fingerprint density at radius 3 is 3.07 bits per heavy atom. The molecule has 15 heavy (non-hydrogen) atoms. The number of hydrogen-bond acceptors (Lipinski definition) is 3. The van der Waals surface area contributed by atoms with Crippen LogP contribution in [0.3, 0.4) is 0 Å². The molecule has 0 aliphatic heterocycles. The average Bonchev–Trinajstić information content (AvgIpc) is 2.83. The fraction of sp³-hybridized carbons (Fsp3) is 0.750. The van der Waals surface area contributed by atoms with E-state index in [-0.39, 0.29) is 0 Å². The summed E-state index contributed by atoms with van der Waals surface area (Å²) < 4.78 is 5.04. The molecule has 2 atom stereocenters. The Bertz CT molecular complexity index is 308. The van der Waals surface area contributed by atoms with Gasteiger partial charge in [-0.1, -0.05) is 24.9 Å². The zero-order chi connectivity index (χ0) is 10.7. The predicted molar refractivity (Wildman–Crippen MR) is 59.5 cm³/mol. The van der Waals surface area contributed by atoms with Gasteiger partial charge in [0, 0.05) is 18.7 Å². The highest BCUT2D eigenvalue weighted by atomic mass is 16.5. The molecule has 0 amide bonds. The molecule has 0 spiro atoms. The molecular formula is C12H20N2O. The van der Waals surface area contributed by atoms with E-state index in [2.05, 4.69) is 17.4 Å². The molecule has 0 radical (unpaired) electrons. The van der Waals surface area contributed by atoms with Crippen molar-refractivity contribution in [1.29, 1.82) is 0 Å². The third kappa shape index (κ3) is 2.59. The summed E-state index contributed by atoms with van der Waals surface area (Å²) in [5.41, 5.74) is 1.02. The molecule has 1 aromatic rings. The van der Waals surface area contributed by atoms with Gasteiger partial charge in [-0.2, -0.15) is 0 Å². The van der Waals surface area contributed by atoms with Crippen molar-refractivity contribution in [3.63, 3.8) is 0 Å². The SMILES string of the molecule is CCC1CCCC1NCc1cc(C)on1. The molecule has 0 aromatic carbocycles. The number of nitrogens with zero attached hydrogens (tertiary/aromatic N) is 1. The maximum absolute atomic E-state index is 5.04. The largest absolute Gasteiger partial charge is 0.361 e. The third-order valence-electron chi connectivity index (χ3n) is 3.41. The van der Waals surface area contributed by atoms with Crippen molar-refractivity contribution in [3.05, 3.63) is 17.5 Å². The minimum atomic E-state index is 0.687. The number of nitrogens with one attached hydrogen (secondary N) is 1. The maximum atomic E-state index is 5.04. The van der Waals surface area contributed by atoms with Crippen molar-refractivity contribution < 1.29 is 4.52 Å². The van der Waals surface area contributed by atoms with Crippen molar-refractivity contribution in [2.45, 2.75) is 52.1 Å². The Morgan fingerprint density at radius 2 is 2.40 bits per heavy atom. The van der Waals surface area contributed by atoms with Crippen LogP contribution in [0, 0.1) is 12.8 Å². The minimum Gasteiger partial charge on any atom is -0.361 e. The lowest BCUT2D eigenvalue weighted by molar-refractivity contribution is 0.367. The highest BCUT2D eigenvalue weighted by molar-refractivity contribution is 5.03. The second-order valence-electron chi connectivity index (χ2n) is 4.52.